The highest BCUT2D eigenvalue weighted by Gasteiger charge is 2.09. The Bertz CT molecular complexity index is 819. The predicted octanol–water partition coefficient (Wildman–Crippen LogP) is 5.35. The van der Waals surface area contributed by atoms with Crippen molar-refractivity contribution in [3.8, 4) is 11.5 Å². The number of ether oxygens (including phenoxy) is 1. The third-order valence-corrected chi connectivity index (χ3v) is 4.41. The van der Waals surface area contributed by atoms with Gasteiger partial charge in [-0.3, -0.25) is 9.79 Å². The maximum atomic E-state index is 11.9. The molecule has 0 aliphatic heterocycles. The van der Waals surface area contributed by atoms with E-state index in [1.165, 1.54) is 0 Å². The quantitative estimate of drug-likeness (QED) is 0.595. The first-order valence-electron chi connectivity index (χ1n) is 8.45. The van der Waals surface area contributed by atoms with Gasteiger partial charge in [-0.2, -0.15) is 0 Å². The molecule has 0 aliphatic carbocycles. The van der Waals surface area contributed by atoms with Crippen molar-refractivity contribution >= 4 is 39.4 Å². The highest BCUT2D eigenvalue weighted by molar-refractivity contribution is 9.10. The molecular formula is C20H23BrN2O3. The van der Waals surface area contributed by atoms with Gasteiger partial charge in [0.05, 0.1) is 23.0 Å². The minimum absolute atomic E-state index is 0.0315. The first-order chi connectivity index (χ1) is 12.4. The standard InChI is InChI=1S/C20H23BrN2O3/c1-4-5-6-19(24)23-17-8-7-15(11-18(17)26-3)22-12-14-9-13(2)10-16(21)20(14)25/h7-12,25H,4-6H2,1-3H3,(H,23,24). The van der Waals surface area contributed by atoms with E-state index in [0.717, 1.165) is 18.4 Å². The third kappa shape index (κ3) is 5.33. The number of halogens is 1. The van der Waals surface area contributed by atoms with Crippen LogP contribution in [0.4, 0.5) is 11.4 Å². The van der Waals surface area contributed by atoms with Gasteiger partial charge in [0.1, 0.15) is 11.5 Å². The number of rotatable bonds is 7. The summed E-state index contributed by atoms with van der Waals surface area (Å²) in [5.41, 5.74) is 2.91. The van der Waals surface area contributed by atoms with E-state index in [4.69, 9.17) is 4.74 Å². The zero-order valence-corrected chi connectivity index (χ0v) is 16.8. The Kier molecular flexibility index (Phi) is 7.21. The van der Waals surface area contributed by atoms with Gasteiger partial charge in [-0.15, -0.1) is 0 Å². The van der Waals surface area contributed by atoms with E-state index >= 15 is 0 Å². The second kappa shape index (κ2) is 9.38. The number of anilines is 1. The number of carbonyl (C=O) groups is 1. The number of carbonyl (C=O) groups excluding carboxylic acids is 1. The van der Waals surface area contributed by atoms with Gasteiger partial charge in [0.25, 0.3) is 0 Å². The summed E-state index contributed by atoms with van der Waals surface area (Å²) in [6, 6.07) is 8.99. The van der Waals surface area contributed by atoms with E-state index in [2.05, 4.69) is 26.2 Å². The van der Waals surface area contributed by atoms with Crippen LogP contribution < -0.4 is 10.1 Å². The molecule has 2 aromatic rings. The van der Waals surface area contributed by atoms with Gasteiger partial charge >= 0.3 is 0 Å². The van der Waals surface area contributed by atoms with Crippen molar-refractivity contribution < 1.29 is 14.6 Å². The Morgan fingerprint density at radius 3 is 2.81 bits per heavy atom. The summed E-state index contributed by atoms with van der Waals surface area (Å²) >= 11 is 3.32. The minimum atomic E-state index is -0.0315. The van der Waals surface area contributed by atoms with Crippen LogP contribution in [-0.4, -0.2) is 24.3 Å². The molecule has 5 nitrogen and oxygen atoms in total. The number of nitrogens with one attached hydrogen (secondary N) is 1. The Hall–Kier alpha value is -2.34. The molecule has 1 amide bonds. The third-order valence-electron chi connectivity index (χ3n) is 3.81. The fraction of sp³-hybridized carbons (Fsp3) is 0.300. The average molecular weight is 419 g/mol. The molecule has 0 aliphatic rings. The lowest BCUT2D eigenvalue weighted by Crippen LogP contribution is -2.11. The molecule has 0 saturated heterocycles. The second-order valence-electron chi connectivity index (χ2n) is 5.98. The first kappa shape index (κ1) is 20.0. The Morgan fingerprint density at radius 1 is 1.35 bits per heavy atom. The molecule has 0 atom stereocenters. The lowest BCUT2D eigenvalue weighted by Gasteiger charge is -2.10. The molecular weight excluding hydrogens is 396 g/mol. The summed E-state index contributed by atoms with van der Waals surface area (Å²) in [7, 11) is 1.55. The number of aliphatic imine (C=N–C) groups is 1. The van der Waals surface area contributed by atoms with E-state index in [-0.39, 0.29) is 11.7 Å². The molecule has 0 heterocycles. The summed E-state index contributed by atoms with van der Waals surface area (Å²) in [4.78, 5) is 16.3. The molecule has 138 valence electrons. The number of methoxy groups -OCH3 is 1. The van der Waals surface area contributed by atoms with Crippen molar-refractivity contribution in [1.29, 1.82) is 0 Å². The van der Waals surface area contributed by atoms with Crippen LogP contribution in [0.25, 0.3) is 0 Å². The molecule has 0 aromatic heterocycles. The van der Waals surface area contributed by atoms with Gasteiger partial charge in [-0.05, 0) is 59.1 Å². The van der Waals surface area contributed by atoms with Crippen molar-refractivity contribution in [2.75, 3.05) is 12.4 Å². The van der Waals surface area contributed by atoms with Gasteiger partial charge in [-0.1, -0.05) is 13.3 Å². The maximum absolute atomic E-state index is 11.9. The van der Waals surface area contributed by atoms with Crippen LogP contribution in [0.2, 0.25) is 0 Å². The van der Waals surface area contributed by atoms with Gasteiger partial charge in [0.2, 0.25) is 5.91 Å². The van der Waals surface area contributed by atoms with Crippen LogP contribution in [0.15, 0.2) is 39.8 Å². The second-order valence-corrected chi connectivity index (χ2v) is 6.83. The summed E-state index contributed by atoms with van der Waals surface area (Å²) in [6.45, 7) is 3.99. The number of nitrogens with zero attached hydrogens (tertiary/aromatic N) is 1. The van der Waals surface area contributed by atoms with Gasteiger partial charge in [0.15, 0.2) is 0 Å². The van der Waals surface area contributed by atoms with Crippen molar-refractivity contribution in [2.24, 2.45) is 4.99 Å². The Morgan fingerprint density at radius 2 is 2.12 bits per heavy atom. The maximum Gasteiger partial charge on any atom is 0.224 e. The summed E-state index contributed by atoms with van der Waals surface area (Å²) in [6.07, 6.45) is 3.91. The van der Waals surface area contributed by atoms with E-state index in [0.29, 0.717) is 33.6 Å². The Balaban J connectivity index is 2.20. The van der Waals surface area contributed by atoms with Crippen LogP contribution >= 0.6 is 15.9 Å². The summed E-state index contributed by atoms with van der Waals surface area (Å²) in [5, 5.41) is 13.0. The monoisotopic (exact) mass is 418 g/mol. The number of phenolic OH excluding ortho intramolecular Hbond substituents is 1. The van der Waals surface area contributed by atoms with Crippen LogP contribution in [0.3, 0.4) is 0 Å². The van der Waals surface area contributed by atoms with E-state index in [1.54, 1.807) is 31.5 Å². The highest BCUT2D eigenvalue weighted by atomic mass is 79.9. The molecule has 0 fully saturated rings. The summed E-state index contributed by atoms with van der Waals surface area (Å²) in [5.74, 6) is 0.654. The lowest BCUT2D eigenvalue weighted by molar-refractivity contribution is -0.116. The zero-order chi connectivity index (χ0) is 19.1. The van der Waals surface area contributed by atoms with Gasteiger partial charge < -0.3 is 15.2 Å². The minimum Gasteiger partial charge on any atom is -0.506 e. The zero-order valence-electron chi connectivity index (χ0n) is 15.2. The molecule has 0 bridgehead atoms. The number of aryl methyl sites for hydroxylation is 1. The number of aromatic hydroxyl groups is 1. The van der Waals surface area contributed by atoms with E-state index in [1.807, 2.05) is 26.0 Å². The fourth-order valence-electron chi connectivity index (χ4n) is 2.42. The molecule has 0 radical (unpaired) electrons. The average Bonchev–Trinajstić information content (AvgIpc) is 2.62. The molecule has 0 saturated carbocycles. The molecule has 6 heteroatoms. The topological polar surface area (TPSA) is 70.9 Å². The van der Waals surface area contributed by atoms with Crippen molar-refractivity contribution in [1.82, 2.24) is 0 Å². The van der Waals surface area contributed by atoms with E-state index in [9.17, 15) is 9.90 Å². The molecule has 2 rings (SSSR count). The molecule has 0 spiro atoms. The first-order valence-corrected chi connectivity index (χ1v) is 9.25. The summed E-state index contributed by atoms with van der Waals surface area (Å²) < 4.78 is 5.99. The molecule has 2 aromatic carbocycles. The predicted molar refractivity (Wildman–Crippen MR) is 109 cm³/mol. The molecule has 0 unspecified atom stereocenters. The van der Waals surface area contributed by atoms with Crippen molar-refractivity contribution in [3.63, 3.8) is 0 Å². The van der Waals surface area contributed by atoms with Gasteiger partial charge in [0, 0.05) is 24.3 Å². The van der Waals surface area contributed by atoms with Crippen LogP contribution in [-0.2, 0) is 4.79 Å². The van der Waals surface area contributed by atoms with Crippen LogP contribution in [0.1, 0.15) is 37.3 Å². The molecule has 2 N–H and O–H groups in total. The smallest absolute Gasteiger partial charge is 0.224 e. The van der Waals surface area contributed by atoms with Crippen molar-refractivity contribution in [2.45, 2.75) is 33.1 Å². The van der Waals surface area contributed by atoms with E-state index < -0.39 is 0 Å². The SMILES string of the molecule is CCCCC(=O)Nc1ccc(N=Cc2cc(C)cc(Br)c2O)cc1OC. The lowest BCUT2D eigenvalue weighted by atomic mass is 10.1. The number of hydrogen-bond donors (Lipinski definition) is 2. The largest absolute Gasteiger partial charge is 0.506 e. The fourth-order valence-corrected chi connectivity index (χ4v) is 3.01. The Labute approximate surface area is 162 Å². The number of unbranched alkanes of at least 4 members (excludes halogenated alkanes) is 1. The van der Waals surface area contributed by atoms with Crippen molar-refractivity contribution in [3.05, 3.63) is 45.9 Å². The highest BCUT2D eigenvalue weighted by Crippen LogP contribution is 2.31. The molecule has 26 heavy (non-hydrogen) atoms. The number of phenols is 1. The number of hydrogen-bond acceptors (Lipinski definition) is 4. The van der Waals surface area contributed by atoms with Crippen LogP contribution in [0.5, 0.6) is 11.5 Å². The normalized spacial score (nSPS) is 10.9. The number of amides is 1. The number of benzene rings is 2. The van der Waals surface area contributed by atoms with Crippen LogP contribution in [0, 0.1) is 6.92 Å². The van der Waals surface area contributed by atoms with Gasteiger partial charge in [-0.25, -0.2) is 0 Å².